The molecule has 3 amide bonds. The van der Waals surface area contributed by atoms with E-state index in [9.17, 15) is 36.0 Å². The highest BCUT2D eigenvalue weighted by atomic mass is 35.5. The predicted molar refractivity (Wildman–Crippen MR) is 160 cm³/mol. The number of alkyl carbamates (subject to hydrolysis) is 1. The van der Waals surface area contributed by atoms with Crippen molar-refractivity contribution in [2.24, 2.45) is 17.8 Å². The van der Waals surface area contributed by atoms with Gasteiger partial charge in [-0.2, -0.15) is 0 Å². The summed E-state index contributed by atoms with van der Waals surface area (Å²) >= 11 is 6.35. The normalized spacial score (nSPS) is 19.0. The zero-order valence-corrected chi connectivity index (χ0v) is 26.5. The quantitative estimate of drug-likeness (QED) is 0.193. The molecule has 2 aromatic rings. The minimum Gasteiger partial charge on any atom is -0.453 e. The van der Waals surface area contributed by atoms with Crippen molar-refractivity contribution >= 4 is 45.0 Å². The van der Waals surface area contributed by atoms with Crippen molar-refractivity contribution in [1.82, 2.24) is 10.6 Å². The highest BCUT2D eigenvalue weighted by molar-refractivity contribution is 7.92. The van der Waals surface area contributed by atoms with Crippen molar-refractivity contribution < 1.29 is 40.7 Å². The van der Waals surface area contributed by atoms with Gasteiger partial charge in [0.15, 0.2) is 27.3 Å². The Kier molecular flexibility index (Phi) is 12.1. The molecule has 1 saturated carbocycles. The third kappa shape index (κ3) is 8.23. The Labute approximate surface area is 260 Å². The molecule has 9 nitrogen and oxygen atoms in total. The van der Waals surface area contributed by atoms with Gasteiger partial charge >= 0.3 is 6.09 Å². The summed E-state index contributed by atoms with van der Waals surface area (Å²) in [6, 6.07) is 4.10. The molecule has 0 heterocycles. The minimum absolute atomic E-state index is 0.0778. The molecule has 44 heavy (non-hydrogen) atoms. The topological polar surface area (TPSA) is 131 Å². The fraction of sp³-hybridized carbons (Fsp3) is 0.500. The van der Waals surface area contributed by atoms with Crippen molar-refractivity contribution in [3.8, 4) is 0 Å². The van der Waals surface area contributed by atoms with E-state index in [1.54, 1.807) is 13.8 Å². The van der Waals surface area contributed by atoms with E-state index in [-0.39, 0.29) is 51.4 Å². The van der Waals surface area contributed by atoms with Gasteiger partial charge < -0.3 is 20.7 Å². The molecule has 1 aliphatic rings. The second-order valence-electron chi connectivity index (χ2n) is 11.2. The van der Waals surface area contributed by atoms with Crippen LogP contribution >= 0.6 is 11.6 Å². The SMILES string of the molecule is CCC1CC[C@@H](CCCNC(=O)C(NC(=O)OC)C(C)C)C1S(=O)(=O)c1cc(C(=O)Nc2cc(F)c(F)c(F)c2)ccc1Cl. The van der Waals surface area contributed by atoms with Crippen LogP contribution in [0.3, 0.4) is 0 Å². The second kappa shape index (κ2) is 15.1. The molecule has 3 unspecified atom stereocenters. The summed E-state index contributed by atoms with van der Waals surface area (Å²) in [6.45, 7) is 5.74. The zero-order chi connectivity index (χ0) is 32.8. The van der Waals surface area contributed by atoms with Gasteiger partial charge in [0.2, 0.25) is 5.91 Å². The molecule has 0 bridgehead atoms. The summed E-state index contributed by atoms with van der Waals surface area (Å²) in [7, 11) is -2.85. The Morgan fingerprint density at radius 1 is 1.05 bits per heavy atom. The Morgan fingerprint density at radius 3 is 2.27 bits per heavy atom. The summed E-state index contributed by atoms with van der Waals surface area (Å²) in [6.07, 6.45) is 2.19. The van der Waals surface area contributed by atoms with Gasteiger partial charge in [0.1, 0.15) is 6.04 Å². The van der Waals surface area contributed by atoms with Crippen molar-refractivity contribution in [1.29, 1.82) is 0 Å². The molecule has 0 aliphatic heterocycles. The summed E-state index contributed by atoms with van der Waals surface area (Å²) in [5.41, 5.74) is -0.468. The number of rotatable bonds is 12. The first kappa shape index (κ1) is 35.2. The van der Waals surface area contributed by atoms with Gasteiger partial charge in [-0.1, -0.05) is 38.8 Å². The third-order valence-electron chi connectivity index (χ3n) is 7.92. The first-order valence-electron chi connectivity index (χ1n) is 14.3. The number of methoxy groups -OCH3 is 1. The van der Waals surface area contributed by atoms with Gasteiger partial charge in [-0.15, -0.1) is 0 Å². The van der Waals surface area contributed by atoms with Crippen LogP contribution in [0, 0.1) is 35.2 Å². The van der Waals surface area contributed by atoms with Crippen molar-refractivity contribution in [3.05, 3.63) is 58.4 Å². The van der Waals surface area contributed by atoms with Crippen LogP contribution in [0.4, 0.5) is 23.7 Å². The van der Waals surface area contributed by atoms with E-state index in [1.165, 1.54) is 19.2 Å². The van der Waals surface area contributed by atoms with Gasteiger partial charge in [0.25, 0.3) is 5.91 Å². The predicted octanol–water partition coefficient (Wildman–Crippen LogP) is 5.87. The summed E-state index contributed by atoms with van der Waals surface area (Å²) < 4.78 is 73.2. The maximum absolute atomic E-state index is 14.1. The van der Waals surface area contributed by atoms with E-state index in [0.29, 0.717) is 44.2 Å². The van der Waals surface area contributed by atoms with Crippen LogP contribution < -0.4 is 16.0 Å². The molecule has 3 N–H and O–H groups in total. The van der Waals surface area contributed by atoms with Gasteiger partial charge in [0.05, 0.1) is 22.3 Å². The van der Waals surface area contributed by atoms with E-state index in [1.807, 2.05) is 6.92 Å². The largest absolute Gasteiger partial charge is 0.453 e. The lowest BCUT2D eigenvalue weighted by molar-refractivity contribution is -0.124. The number of ether oxygens (including phenoxy) is 1. The van der Waals surface area contributed by atoms with Gasteiger partial charge in [0, 0.05) is 29.9 Å². The number of hydrogen-bond acceptors (Lipinski definition) is 6. The van der Waals surface area contributed by atoms with Crippen molar-refractivity contribution in [2.45, 2.75) is 69.1 Å². The summed E-state index contributed by atoms with van der Waals surface area (Å²) in [4.78, 5) is 36.9. The van der Waals surface area contributed by atoms with Crippen LogP contribution in [0.1, 0.15) is 63.2 Å². The lowest BCUT2D eigenvalue weighted by Gasteiger charge is -2.26. The van der Waals surface area contributed by atoms with E-state index < -0.39 is 50.6 Å². The number of halogens is 4. The molecule has 1 fully saturated rings. The minimum atomic E-state index is -4.05. The van der Waals surface area contributed by atoms with Crippen LogP contribution in [0.2, 0.25) is 5.02 Å². The molecule has 0 aromatic heterocycles. The fourth-order valence-electron chi connectivity index (χ4n) is 5.64. The number of sulfone groups is 1. The first-order chi connectivity index (χ1) is 20.7. The number of anilines is 1. The number of benzene rings is 2. The van der Waals surface area contributed by atoms with Crippen molar-refractivity contribution in [2.75, 3.05) is 19.0 Å². The number of amides is 3. The van der Waals surface area contributed by atoms with Gasteiger partial charge in [-0.25, -0.2) is 26.4 Å². The molecule has 4 atom stereocenters. The highest BCUT2D eigenvalue weighted by Crippen LogP contribution is 2.44. The number of carbonyl (C=O) groups is 3. The molecule has 242 valence electrons. The molecule has 2 aromatic carbocycles. The number of nitrogens with one attached hydrogen (secondary N) is 3. The Bertz CT molecular complexity index is 1470. The highest BCUT2D eigenvalue weighted by Gasteiger charge is 2.44. The number of carbonyl (C=O) groups excluding carboxylic acids is 3. The van der Waals surface area contributed by atoms with Crippen LogP contribution in [0.25, 0.3) is 0 Å². The summed E-state index contributed by atoms with van der Waals surface area (Å²) in [5.74, 6) is -6.50. The molecule has 14 heteroatoms. The maximum Gasteiger partial charge on any atom is 0.407 e. The molecular weight excluding hydrogens is 623 g/mol. The number of hydrogen-bond donors (Lipinski definition) is 3. The van der Waals surface area contributed by atoms with Gasteiger partial charge in [-0.05, 0) is 61.6 Å². The monoisotopic (exact) mass is 659 g/mol. The standard InChI is InChI=1S/C30H37ClF3N3O6S/c1-5-17-8-9-18(7-6-12-35-29(39)26(16(2)3)37-30(40)43-4)27(17)44(41,42)24-13-19(10-11-21(24)31)28(38)36-20-14-22(32)25(34)23(33)15-20/h10-11,13-18,26-27H,5-9,12H2,1-4H3,(H,35,39)(H,36,38)(H,37,40)/t17?,18-,26?,27?/m1/s1. The Balaban J connectivity index is 1.75. The van der Waals surface area contributed by atoms with Crippen LogP contribution in [-0.2, 0) is 19.4 Å². The van der Waals surface area contributed by atoms with E-state index in [4.69, 9.17) is 11.6 Å². The zero-order valence-electron chi connectivity index (χ0n) is 24.9. The Hall–Kier alpha value is -3.32. The molecule has 1 aliphatic carbocycles. The summed E-state index contributed by atoms with van der Waals surface area (Å²) in [5, 5.41) is 6.68. The van der Waals surface area contributed by atoms with Crippen LogP contribution in [0.5, 0.6) is 0 Å². The smallest absolute Gasteiger partial charge is 0.407 e. The van der Waals surface area contributed by atoms with E-state index >= 15 is 0 Å². The second-order valence-corrected chi connectivity index (χ2v) is 13.6. The van der Waals surface area contributed by atoms with Crippen LogP contribution in [0.15, 0.2) is 35.2 Å². The fourth-order valence-corrected chi connectivity index (χ4v) is 8.62. The van der Waals surface area contributed by atoms with E-state index in [0.717, 1.165) is 6.07 Å². The molecule has 0 radical (unpaired) electrons. The molecular formula is C30H37ClF3N3O6S. The lowest BCUT2D eigenvalue weighted by Crippen LogP contribution is -2.49. The van der Waals surface area contributed by atoms with E-state index in [2.05, 4.69) is 20.7 Å². The molecule has 3 rings (SSSR count). The Morgan fingerprint density at radius 2 is 1.68 bits per heavy atom. The third-order valence-corrected chi connectivity index (χ3v) is 10.8. The lowest BCUT2D eigenvalue weighted by atomic mass is 9.97. The van der Waals surface area contributed by atoms with Crippen LogP contribution in [-0.4, -0.2) is 51.3 Å². The first-order valence-corrected chi connectivity index (χ1v) is 16.2. The maximum atomic E-state index is 14.1. The van der Waals surface area contributed by atoms with Crippen molar-refractivity contribution in [3.63, 3.8) is 0 Å². The average Bonchev–Trinajstić information content (AvgIpc) is 3.40. The molecule has 0 saturated heterocycles. The average molecular weight is 660 g/mol. The van der Waals surface area contributed by atoms with Gasteiger partial charge in [-0.3, -0.25) is 9.59 Å². The molecule has 0 spiro atoms.